The van der Waals surface area contributed by atoms with Gasteiger partial charge in [0.05, 0.1) is 29.0 Å². The number of aromatic nitrogens is 4. The molecule has 11 nitrogen and oxygen atoms in total. The monoisotopic (exact) mass is 660 g/mol. The fourth-order valence-corrected chi connectivity index (χ4v) is 5.30. The van der Waals surface area contributed by atoms with E-state index in [4.69, 9.17) is 0 Å². The van der Waals surface area contributed by atoms with Gasteiger partial charge in [0.15, 0.2) is 16.8 Å². The van der Waals surface area contributed by atoms with Crippen LogP contribution in [-0.4, -0.2) is 63.1 Å². The summed E-state index contributed by atoms with van der Waals surface area (Å²) in [7, 11) is 3.33. The van der Waals surface area contributed by atoms with E-state index in [-0.39, 0.29) is 51.3 Å². The zero-order chi connectivity index (χ0) is 33.3. The van der Waals surface area contributed by atoms with Gasteiger partial charge in [0.25, 0.3) is 0 Å². The molecule has 17 heteroatoms. The molecule has 0 radical (unpaired) electrons. The van der Waals surface area contributed by atoms with E-state index in [0.717, 1.165) is 30.1 Å². The van der Waals surface area contributed by atoms with Crippen molar-refractivity contribution in [2.75, 3.05) is 35.0 Å². The first-order valence-corrected chi connectivity index (χ1v) is 14.5. The summed E-state index contributed by atoms with van der Waals surface area (Å²) in [6.07, 6.45) is -2.75. The Labute approximate surface area is 263 Å². The molecule has 4 aromatic rings. The molecule has 1 N–H and O–H groups in total. The highest BCUT2D eigenvalue weighted by molar-refractivity contribution is 8.15. The number of pyridine rings is 1. The average molecular weight is 661 g/mol. The molecular formula is C29H25F5N8O3S. The second kappa shape index (κ2) is 12.7. The molecule has 0 saturated carbocycles. The minimum atomic E-state index is -4.86. The maximum atomic E-state index is 15.1. The Morgan fingerprint density at radius 2 is 1.85 bits per heavy atom. The van der Waals surface area contributed by atoms with E-state index >= 15 is 4.39 Å². The number of nitrogens with one attached hydrogen (secondary N) is 1. The second-order valence-corrected chi connectivity index (χ2v) is 11.3. The predicted molar refractivity (Wildman–Crippen MR) is 162 cm³/mol. The van der Waals surface area contributed by atoms with Gasteiger partial charge >= 0.3 is 12.4 Å². The molecule has 3 heterocycles. The third-order valence-corrected chi connectivity index (χ3v) is 7.48. The first-order valence-electron chi connectivity index (χ1n) is 13.5. The minimum absolute atomic E-state index is 0.00201. The Morgan fingerprint density at radius 1 is 1.09 bits per heavy atom. The number of rotatable bonds is 7. The third kappa shape index (κ3) is 7.09. The second-order valence-electron chi connectivity index (χ2n) is 10.4. The Bertz CT molecular complexity index is 1830. The van der Waals surface area contributed by atoms with Crippen LogP contribution in [0.2, 0.25) is 0 Å². The lowest BCUT2D eigenvalue weighted by Crippen LogP contribution is -2.31. The number of alkyl halides is 3. The van der Waals surface area contributed by atoms with E-state index in [2.05, 4.69) is 30.1 Å². The van der Waals surface area contributed by atoms with Crippen molar-refractivity contribution in [2.45, 2.75) is 26.1 Å². The molecule has 1 aliphatic rings. The fourth-order valence-electron chi connectivity index (χ4n) is 4.44. The first-order chi connectivity index (χ1) is 21.7. The fraction of sp³-hybridized carbons (Fsp3) is 0.241. The zero-order valence-corrected chi connectivity index (χ0v) is 25.5. The van der Waals surface area contributed by atoms with Gasteiger partial charge in [-0.3, -0.25) is 9.69 Å². The summed E-state index contributed by atoms with van der Waals surface area (Å²) in [5.74, 6) is -2.10. The normalized spacial score (nSPS) is 14.3. The van der Waals surface area contributed by atoms with Crippen molar-refractivity contribution in [3.05, 3.63) is 72.2 Å². The van der Waals surface area contributed by atoms with Crippen molar-refractivity contribution in [3.8, 4) is 23.0 Å². The molecule has 1 fully saturated rings. The maximum Gasteiger partial charge on any atom is 0.573 e. The van der Waals surface area contributed by atoms with Crippen LogP contribution < -0.4 is 19.9 Å². The van der Waals surface area contributed by atoms with E-state index in [1.54, 1.807) is 19.0 Å². The molecule has 240 valence electrons. The van der Waals surface area contributed by atoms with Crippen LogP contribution in [0.25, 0.3) is 17.2 Å². The lowest BCUT2D eigenvalue weighted by Gasteiger charge is -2.24. The molecule has 0 unspecified atom stereocenters. The quantitative estimate of drug-likeness (QED) is 0.228. The molecule has 2 aromatic carbocycles. The zero-order valence-electron chi connectivity index (χ0n) is 24.6. The molecule has 46 heavy (non-hydrogen) atoms. The third-order valence-electron chi connectivity index (χ3n) is 6.55. The molecule has 5 rings (SSSR count). The number of urea groups is 1. The summed E-state index contributed by atoms with van der Waals surface area (Å²) in [5, 5.41) is 6.60. The Morgan fingerprint density at radius 3 is 2.48 bits per heavy atom. The maximum absolute atomic E-state index is 15.1. The molecule has 1 aliphatic heterocycles. The minimum Gasteiger partial charge on any atom is -0.404 e. The Kier molecular flexibility index (Phi) is 8.96. The van der Waals surface area contributed by atoms with Crippen molar-refractivity contribution in [1.29, 1.82) is 0 Å². The summed E-state index contributed by atoms with van der Waals surface area (Å²) < 4.78 is 72.0. The van der Waals surface area contributed by atoms with Gasteiger partial charge in [-0.25, -0.2) is 28.2 Å². The van der Waals surface area contributed by atoms with Crippen molar-refractivity contribution in [1.82, 2.24) is 19.7 Å². The first kappa shape index (κ1) is 32.3. The van der Waals surface area contributed by atoms with Crippen LogP contribution in [0.4, 0.5) is 43.8 Å². The number of nitrogens with zero attached hydrogens (tertiary/aromatic N) is 7. The summed E-state index contributed by atoms with van der Waals surface area (Å²) >= 11 is 1.02. The van der Waals surface area contributed by atoms with Crippen molar-refractivity contribution in [3.63, 3.8) is 0 Å². The van der Waals surface area contributed by atoms with E-state index in [0.29, 0.717) is 11.3 Å². The van der Waals surface area contributed by atoms with Gasteiger partial charge in [0, 0.05) is 19.7 Å². The van der Waals surface area contributed by atoms with Crippen LogP contribution in [0.3, 0.4) is 0 Å². The van der Waals surface area contributed by atoms with Gasteiger partial charge in [-0.2, -0.15) is 4.99 Å². The van der Waals surface area contributed by atoms with E-state index < -0.39 is 29.8 Å². The average Bonchev–Trinajstić information content (AvgIpc) is 3.60. The highest BCUT2D eigenvalue weighted by Gasteiger charge is 2.34. The molecule has 3 amide bonds. The molecule has 1 saturated heterocycles. The largest absolute Gasteiger partial charge is 0.573 e. The standard InChI is InChI=1S/C29H25F5N8O3S/c1-15(2)18-10-20(31)23(40(3)4)11-22(18)42-25(43)13-46-28(42)38-27(44)37-21-7-5-16(9-19(21)30)26-36-14-41(39-26)24-8-6-17(12-35-24)45-29(32,33)34/h5-12,14-15H,13H2,1-4H3,(H,37,44). The number of halogens is 5. The SMILES string of the molecule is CC(C)c1cc(F)c(N(C)C)cc1N1C(=O)CSC1=NC(=O)Nc1ccc(-c2ncn(-c3ccc(OC(F)(F)F)cn3)n2)cc1F. The highest BCUT2D eigenvalue weighted by atomic mass is 32.2. The highest BCUT2D eigenvalue weighted by Crippen LogP contribution is 2.37. The van der Waals surface area contributed by atoms with E-state index in [1.165, 1.54) is 46.2 Å². The lowest BCUT2D eigenvalue weighted by atomic mass is 9.99. The van der Waals surface area contributed by atoms with Gasteiger partial charge in [-0.1, -0.05) is 25.6 Å². The van der Waals surface area contributed by atoms with E-state index in [9.17, 15) is 27.2 Å². The number of amidine groups is 1. The number of hydrogen-bond donors (Lipinski definition) is 1. The smallest absolute Gasteiger partial charge is 0.404 e. The number of aliphatic imine (C=N–C) groups is 1. The summed E-state index contributed by atoms with van der Waals surface area (Å²) in [6, 6.07) is 8.03. The summed E-state index contributed by atoms with van der Waals surface area (Å²) in [4.78, 5) is 40.6. The van der Waals surface area contributed by atoms with Gasteiger partial charge in [0.1, 0.15) is 23.7 Å². The van der Waals surface area contributed by atoms with Crippen LogP contribution in [-0.2, 0) is 4.79 Å². The molecule has 0 bridgehead atoms. The van der Waals surface area contributed by atoms with Crippen LogP contribution in [0.5, 0.6) is 5.75 Å². The van der Waals surface area contributed by atoms with Crippen LogP contribution in [0.15, 0.2) is 60.0 Å². The topological polar surface area (TPSA) is 118 Å². The lowest BCUT2D eigenvalue weighted by molar-refractivity contribution is -0.274. The Hall–Kier alpha value is -5.06. The summed E-state index contributed by atoms with van der Waals surface area (Å²) in [6.45, 7) is 3.70. The number of amides is 3. The molecule has 2 aromatic heterocycles. The summed E-state index contributed by atoms with van der Waals surface area (Å²) in [5.41, 5.74) is 1.21. The van der Waals surface area contributed by atoms with Crippen molar-refractivity contribution < 1.29 is 36.3 Å². The van der Waals surface area contributed by atoms with E-state index in [1.807, 2.05) is 13.8 Å². The number of carbonyl (C=O) groups excluding carboxylic acids is 2. The van der Waals surface area contributed by atoms with Gasteiger partial charge in [0.2, 0.25) is 5.91 Å². The van der Waals surface area contributed by atoms with Crippen LogP contribution in [0, 0.1) is 11.6 Å². The predicted octanol–water partition coefficient (Wildman–Crippen LogP) is 6.36. The van der Waals surface area contributed by atoms with Crippen LogP contribution >= 0.6 is 11.8 Å². The Balaban J connectivity index is 1.33. The van der Waals surface area contributed by atoms with Crippen LogP contribution in [0.1, 0.15) is 25.3 Å². The van der Waals surface area contributed by atoms with Gasteiger partial charge in [-0.15, -0.1) is 18.3 Å². The number of thioether (sulfide) groups is 1. The molecule has 0 atom stereocenters. The van der Waals surface area contributed by atoms with Gasteiger partial charge in [-0.05, 0) is 53.9 Å². The molecule has 0 spiro atoms. The number of benzene rings is 2. The number of hydrogen-bond acceptors (Lipinski definition) is 8. The van der Waals surface area contributed by atoms with Crippen molar-refractivity contribution in [2.24, 2.45) is 4.99 Å². The number of carbonyl (C=O) groups is 2. The molecular weight excluding hydrogens is 635 g/mol. The number of ether oxygens (including phenoxy) is 1. The van der Waals surface area contributed by atoms with Gasteiger partial charge < -0.3 is 15.0 Å². The van der Waals surface area contributed by atoms with Crippen molar-refractivity contribution >= 4 is 45.9 Å². The number of anilines is 3. The molecule has 0 aliphatic carbocycles.